The largest absolute Gasteiger partial charge is 0.497 e. The summed E-state index contributed by atoms with van der Waals surface area (Å²) in [6, 6.07) is 7.58. The molecule has 1 fully saturated rings. The Bertz CT molecular complexity index is 596. The zero-order chi connectivity index (χ0) is 16.8. The lowest BCUT2D eigenvalue weighted by Crippen LogP contribution is -2.15. The number of amides is 1. The summed E-state index contributed by atoms with van der Waals surface area (Å²) >= 11 is 0. The van der Waals surface area contributed by atoms with Crippen molar-refractivity contribution in [3.63, 3.8) is 0 Å². The van der Waals surface area contributed by atoms with Gasteiger partial charge in [0, 0.05) is 17.7 Å². The van der Waals surface area contributed by atoms with E-state index < -0.39 is 0 Å². The molecule has 1 aromatic rings. The fourth-order valence-corrected chi connectivity index (χ4v) is 3.79. The predicted molar refractivity (Wildman–Crippen MR) is 98.1 cm³/mol. The number of hydrogen-bond acceptors (Lipinski definition) is 2. The number of allylic oxidation sites excluding steroid dienone is 4. The van der Waals surface area contributed by atoms with Gasteiger partial charge < -0.3 is 10.1 Å². The van der Waals surface area contributed by atoms with Gasteiger partial charge in [-0.25, -0.2) is 0 Å². The highest BCUT2D eigenvalue weighted by atomic mass is 16.5. The standard InChI is InChI=1S/C21H27NO2/c1-24-17-12-10-11-16(15-17)22-21(23)20-18-13-8-6-4-2-3-5-7-9-14-19(18)20/h4-7,10-12,15,18-20H,2-3,8-9,13-14H2,1H3,(H,22,23)/t18-,19-,20?/m0/s1. The average Bonchev–Trinajstić information content (AvgIpc) is 3.27. The van der Waals surface area contributed by atoms with Gasteiger partial charge in [0.15, 0.2) is 0 Å². The van der Waals surface area contributed by atoms with E-state index in [1.807, 2.05) is 24.3 Å². The molecule has 2 atom stereocenters. The van der Waals surface area contributed by atoms with Gasteiger partial charge in [0.1, 0.15) is 5.75 Å². The Hall–Kier alpha value is -2.03. The van der Waals surface area contributed by atoms with Crippen molar-refractivity contribution in [3.05, 3.63) is 48.6 Å². The van der Waals surface area contributed by atoms with E-state index in [2.05, 4.69) is 29.6 Å². The van der Waals surface area contributed by atoms with Gasteiger partial charge in [-0.1, -0.05) is 30.4 Å². The van der Waals surface area contributed by atoms with Crippen LogP contribution in [0.4, 0.5) is 5.69 Å². The molecule has 1 aromatic carbocycles. The Morgan fingerprint density at radius 1 is 1.00 bits per heavy atom. The summed E-state index contributed by atoms with van der Waals surface area (Å²) in [5.74, 6) is 2.17. The molecule has 128 valence electrons. The number of carbonyl (C=O) groups is 1. The van der Waals surface area contributed by atoms with Gasteiger partial charge in [-0.05, 0) is 62.5 Å². The molecule has 0 radical (unpaired) electrons. The highest BCUT2D eigenvalue weighted by Gasteiger charge is 2.52. The minimum absolute atomic E-state index is 0.166. The smallest absolute Gasteiger partial charge is 0.228 e. The second-order valence-corrected chi connectivity index (χ2v) is 6.75. The lowest BCUT2D eigenvalue weighted by molar-refractivity contribution is -0.117. The molecule has 0 aromatic heterocycles. The number of carbonyl (C=O) groups excluding carboxylic acids is 1. The first-order valence-corrected chi connectivity index (χ1v) is 9.04. The molecule has 0 bridgehead atoms. The maximum atomic E-state index is 12.7. The number of benzene rings is 1. The molecule has 0 unspecified atom stereocenters. The van der Waals surface area contributed by atoms with Crippen LogP contribution in [0.1, 0.15) is 38.5 Å². The molecular weight excluding hydrogens is 298 g/mol. The zero-order valence-electron chi connectivity index (χ0n) is 14.4. The number of nitrogens with one attached hydrogen (secondary N) is 1. The maximum Gasteiger partial charge on any atom is 0.228 e. The predicted octanol–water partition coefficient (Wildman–Crippen LogP) is 4.96. The van der Waals surface area contributed by atoms with Crippen LogP contribution < -0.4 is 10.1 Å². The molecule has 0 heterocycles. The van der Waals surface area contributed by atoms with Gasteiger partial charge in [-0.3, -0.25) is 4.79 Å². The van der Waals surface area contributed by atoms with Crippen molar-refractivity contribution in [1.82, 2.24) is 0 Å². The number of hydrogen-bond donors (Lipinski definition) is 1. The minimum atomic E-state index is 0.166. The van der Waals surface area contributed by atoms with Crippen LogP contribution in [0.25, 0.3) is 0 Å². The summed E-state index contributed by atoms with van der Waals surface area (Å²) < 4.78 is 5.23. The fourth-order valence-electron chi connectivity index (χ4n) is 3.79. The third-order valence-electron chi connectivity index (χ3n) is 5.14. The van der Waals surface area contributed by atoms with Gasteiger partial charge in [-0.2, -0.15) is 0 Å². The second-order valence-electron chi connectivity index (χ2n) is 6.75. The third-order valence-corrected chi connectivity index (χ3v) is 5.14. The van der Waals surface area contributed by atoms with Crippen LogP contribution in [0.2, 0.25) is 0 Å². The van der Waals surface area contributed by atoms with E-state index in [1.165, 1.54) is 0 Å². The molecule has 0 spiro atoms. The molecular formula is C21H27NO2. The van der Waals surface area contributed by atoms with Crippen molar-refractivity contribution >= 4 is 11.6 Å². The van der Waals surface area contributed by atoms with Crippen LogP contribution in [0, 0.1) is 17.8 Å². The summed E-state index contributed by atoms with van der Waals surface area (Å²) in [6.07, 6.45) is 15.8. The topological polar surface area (TPSA) is 38.3 Å². The lowest BCUT2D eigenvalue weighted by atomic mass is 10.1. The molecule has 2 aliphatic rings. The van der Waals surface area contributed by atoms with Crippen LogP contribution in [0.5, 0.6) is 5.75 Å². The van der Waals surface area contributed by atoms with Gasteiger partial charge >= 0.3 is 0 Å². The van der Waals surface area contributed by atoms with E-state index in [1.54, 1.807) is 7.11 Å². The first-order chi connectivity index (χ1) is 11.8. The second kappa shape index (κ2) is 8.18. The quantitative estimate of drug-likeness (QED) is 0.797. The van der Waals surface area contributed by atoms with Crippen molar-refractivity contribution in [2.24, 2.45) is 17.8 Å². The minimum Gasteiger partial charge on any atom is -0.497 e. The Morgan fingerprint density at radius 2 is 1.62 bits per heavy atom. The number of fused-ring (bicyclic) bond motifs is 1. The van der Waals surface area contributed by atoms with E-state index in [0.29, 0.717) is 11.8 Å². The number of ether oxygens (including phenoxy) is 1. The summed E-state index contributed by atoms with van der Waals surface area (Å²) in [5.41, 5.74) is 0.821. The molecule has 1 N–H and O–H groups in total. The van der Waals surface area contributed by atoms with Crippen molar-refractivity contribution in [2.75, 3.05) is 12.4 Å². The fraction of sp³-hybridized carbons (Fsp3) is 0.476. The van der Waals surface area contributed by atoms with Crippen molar-refractivity contribution < 1.29 is 9.53 Å². The highest BCUT2D eigenvalue weighted by Crippen LogP contribution is 2.52. The van der Waals surface area contributed by atoms with E-state index in [0.717, 1.165) is 50.0 Å². The van der Waals surface area contributed by atoms with Crippen LogP contribution in [-0.4, -0.2) is 13.0 Å². The van der Waals surface area contributed by atoms with Crippen molar-refractivity contribution in [1.29, 1.82) is 0 Å². The summed E-state index contributed by atoms with van der Waals surface area (Å²) in [5, 5.41) is 3.08. The first kappa shape index (κ1) is 16.8. The SMILES string of the molecule is COc1cccc(NC(=O)C2[C@H]3CCC=CCCC=CCC[C@H]23)c1. The molecule has 24 heavy (non-hydrogen) atoms. The summed E-state index contributed by atoms with van der Waals surface area (Å²) in [7, 11) is 1.64. The monoisotopic (exact) mass is 325 g/mol. The molecule has 0 saturated heterocycles. The van der Waals surface area contributed by atoms with Gasteiger partial charge in [0.25, 0.3) is 0 Å². The zero-order valence-corrected chi connectivity index (χ0v) is 14.4. The Kier molecular flexibility index (Phi) is 5.73. The number of anilines is 1. The van der Waals surface area contributed by atoms with Gasteiger partial charge in [-0.15, -0.1) is 0 Å². The van der Waals surface area contributed by atoms with Gasteiger partial charge in [0.2, 0.25) is 5.91 Å². The highest BCUT2D eigenvalue weighted by molar-refractivity contribution is 5.95. The molecule has 1 amide bonds. The van der Waals surface area contributed by atoms with Crippen molar-refractivity contribution in [2.45, 2.75) is 38.5 Å². The molecule has 3 heteroatoms. The molecule has 1 saturated carbocycles. The lowest BCUT2D eigenvalue weighted by Gasteiger charge is -2.07. The van der Waals surface area contributed by atoms with Crippen LogP contribution >= 0.6 is 0 Å². The average molecular weight is 325 g/mol. The molecule has 3 rings (SSSR count). The van der Waals surface area contributed by atoms with Crippen LogP contribution in [0.3, 0.4) is 0 Å². The van der Waals surface area contributed by atoms with Crippen molar-refractivity contribution in [3.8, 4) is 5.75 Å². The maximum absolute atomic E-state index is 12.7. The number of rotatable bonds is 3. The summed E-state index contributed by atoms with van der Waals surface area (Å²) in [6.45, 7) is 0. The van der Waals surface area contributed by atoms with E-state index >= 15 is 0 Å². The van der Waals surface area contributed by atoms with E-state index in [9.17, 15) is 4.79 Å². The molecule has 2 aliphatic carbocycles. The third kappa shape index (κ3) is 4.28. The normalized spacial score (nSPS) is 26.6. The molecule has 3 nitrogen and oxygen atoms in total. The summed E-state index contributed by atoms with van der Waals surface area (Å²) in [4.78, 5) is 12.7. The van der Waals surface area contributed by atoms with E-state index in [-0.39, 0.29) is 11.8 Å². The Labute approximate surface area is 144 Å². The Balaban J connectivity index is 1.61. The van der Waals surface area contributed by atoms with E-state index in [4.69, 9.17) is 4.74 Å². The Morgan fingerprint density at radius 3 is 2.25 bits per heavy atom. The number of methoxy groups -OCH3 is 1. The van der Waals surface area contributed by atoms with Gasteiger partial charge in [0.05, 0.1) is 7.11 Å². The molecule has 0 aliphatic heterocycles. The first-order valence-electron chi connectivity index (χ1n) is 9.04. The van der Waals surface area contributed by atoms with Crippen LogP contribution in [-0.2, 0) is 4.79 Å². The van der Waals surface area contributed by atoms with Crippen LogP contribution in [0.15, 0.2) is 48.6 Å².